The van der Waals surface area contributed by atoms with Gasteiger partial charge in [-0.25, -0.2) is 4.79 Å². The Morgan fingerprint density at radius 2 is 1.89 bits per heavy atom. The summed E-state index contributed by atoms with van der Waals surface area (Å²) in [5.74, 6) is -0.213. The SMILES string of the molecule is CC(C)(Cc1ccc(Cl)cc1)C(=O)N1CC[C@@]2(C1)OC(=O)c1ccccc12. The minimum Gasteiger partial charge on any atom is -0.449 e. The van der Waals surface area contributed by atoms with Crippen LogP contribution in [0.5, 0.6) is 0 Å². The van der Waals surface area contributed by atoms with Crippen LogP contribution in [-0.2, 0) is 21.6 Å². The smallest absolute Gasteiger partial charge is 0.339 e. The molecule has 5 heteroatoms. The van der Waals surface area contributed by atoms with E-state index in [0.717, 1.165) is 11.1 Å². The fourth-order valence-corrected chi connectivity index (χ4v) is 4.35. The molecule has 1 spiro atoms. The summed E-state index contributed by atoms with van der Waals surface area (Å²) in [6.45, 7) is 4.93. The maximum atomic E-state index is 13.2. The molecule has 2 heterocycles. The van der Waals surface area contributed by atoms with Crippen molar-refractivity contribution in [2.75, 3.05) is 13.1 Å². The Hall–Kier alpha value is -2.33. The van der Waals surface area contributed by atoms with Crippen LogP contribution in [0.1, 0.15) is 41.8 Å². The average molecular weight is 384 g/mol. The van der Waals surface area contributed by atoms with Crippen LogP contribution in [-0.4, -0.2) is 29.9 Å². The summed E-state index contributed by atoms with van der Waals surface area (Å²) in [5.41, 5.74) is 1.35. The zero-order chi connectivity index (χ0) is 19.2. The van der Waals surface area contributed by atoms with Crippen LogP contribution >= 0.6 is 11.6 Å². The predicted octanol–water partition coefficient (Wildman–Crippen LogP) is 4.21. The highest BCUT2D eigenvalue weighted by Crippen LogP contribution is 2.44. The molecule has 1 amide bonds. The largest absolute Gasteiger partial charge is 0.449 e. The number of likely N-dealkylation sites (tertiary alicyclic amines) is 1. The highest BCUT2D eigenvalue weighted by Gasteiger charge is 2.52. The Balaban J connectivity index is 1.52. The number of rotatable bonds is 3. The third-order valence-corrected chi connectivity index (χ3v) is 5.84. The van der Waals surface area contributed by atoms with Gasteiger partial charge in [0.25, 0.3) is 0 Å². The zero-order valence-corrected chi connectivity index (χ0v) is 16.3. The van der Waals surface area contributed by atoms with Crippen molar-refractivity contribution in [3.63, 3.8) is 0 Å². The van der Waals surface area contributed by atoms with E-state index >= 15 is 0 Å². The summed E-state index contributed by atoms with van der Waals surface area (Å²) in [7, 11) is 0. The van der Waals surface area contributed by atoms with Gasteiger partial charge in [-0.1, -0.05) is 55.8 Å². The van der Waals surface area contributed by atoms with Crippen LogP contribution in [0.15, 0.2) is 48.5 Å². The fourth-order valence-electron chi connectivity index (χ4n) is 4.22. The van der Waals surface area contributed by atoms with E-state index < -0.39 is 11.0 Å². The number of esters is 1. The number of nitrogens with zero attached hydrogens (tertiary/aromatic N) is 1. The van der Waals surface area contributed by atoms with Gasteiger partial charge in [0.05, 0.1) is 12.1 Å². The molecule has 0 saturated carbocycles. The van der Waals surface area contributed by atoms with Crippen molar-refractivity contribution < 1.29 is 14.3 Å². The molecule has 4 nitrogen and oxygen atoms in total. The molecule has 27 heavy (non-hydrogen) atoms. The molecule has 0 N–H and O–H groups in total. The maximum absolute atomic E-state index is 13.2. The van der Waals surface area contributed by atoms with E-state index in [-0.39, 0.29) is 11.9 Å². The molecule has 2 aromatic carbocycles. The summed E-state index contributed by atoms with van der Waals surface area (Å²) in [6, 6.07) is 15.1. The van der Waals surface area contributed by atoms with E-state index in [4.69, 9.17) is 16.3 Å². The standard InChI is InChI=1S/C22H22ClNO3/c1-21(2,13-15-7-9-16(23)10-8-15)20(26)24-12-11-22(14-24)18-6-4-3-5-17(18)19(25)27-22/h3-10H,11-14H2,1-2H3/t22-/m0/s1. The first-order chi connectivity index (χ1) is 12.8. The zero-order valence-electron chi connectivity index (χ0n) is 15.5. The highest BCUT2D eigenvalue weighted by molar-refractivity contribution is 6.30. The molecular weight excluding hydrogens is 362 g/mol. The predicted molar refractivity (Wildman–Crippen MR) is 104 cm³/mol. The normalized spacial score (nSPS) is 21.4. The average Bonchev–Trinajstić information content (AvgIpc) is 3.19. The molecule has 1 fully saturated rings. The van der Waals surface area contributed by atoms with Gasteiger partial charge in [0, 0.05) is 29.0 Å². The van der Waals surface area contributed by atoms with E-state index in [9.17, 15) is 9.59 Å². The minimum absolute atomic E-state index is 0.0785. The van der Waals surface area contributed by atoms with Crippen molar-refractivity contribution in [3.8, 4) is 0 Å². The Labute approximate surface area is 164 Å². The Kier molecular flexibility index (Phi) is 4.26. The van der Waals surface area contributed by atoms with E-state index in [0.29, 0.717) is 36.5 Å². The highest BCUT2D eigenvalue weighted by atomic mass is 35.5. The van der Waals surface area contributed by atoms with Crippen LogP contribution in [0.2, 0.25) is 5.02 Å². The van der Waals surface area contributed by atoms with Crippen molar-refractivity contribution in [2.45, 2.75) is 32.3 Å². The molecule has 0 radical (unpaired) electrons. The summed E-state index contributed by atoms with van der Waals surface area (Å²) < 4.78 is 5.76. The van der Waals surface area contributed by atoms with Crippen molar-refractivity contribution in [2.24, 2.45) is 5.41 Å². The van der Waals surface area contributed by atoms with Crippen molar-refractivity contribution in [1.29, 1.82) is 0 Å². The quantitative estimate of drug-likeness (QED) is 0.746. The third-order valence-electron chi connectivity index (χ3n) is 5.58. The molecule has 1 atom stereocenters. The van der Waals surface area contributed by atoms with E-state index in [1.165, 1.54) is 0 Å². The topological polar surface area (TPSA) is 46.6 Å². The molecule has 0 bridgehead atoms. The number of benzene rings is 2. The van der Waals surface area contributed by atoms with Gasteiger partial charge >= 0.3 is 5.97 Å². The van der Waals surface area contributed by atoms with Gasteiger partial charge in [0.1, 0.15) is 0 Å². The lowest BCUT2D eigenvalue weighted by Crippen LogP contribution is -2.42. The molecular formula is C22H22ClNO3. The van der Waals surface area contributed by atoms with Crippen LogP contribution in [0, 0.1) is 5.41 Å². The molecule has 2 aromatic rings. The number of fused-ring (bicyclic) bond motifs is 2. The Morgan fingerprint density at radius 3 is 2.63 bits per heavy atom. The maximum Gasteiger partial charge on any atom is 0.339 e. The van der Waals surface area contributed by atoms with Gasteiger partial charge in [-0.15, -0.1) is 0 Å². The number of ether oxygens (including phenoxy) is 1. The summed E-state index contributed by atoms with van der Waals surface area (Å²) in [5, 5.41) is 0.686. The van der Waals surface area contributed by atoms with Crippen LogP contribution in [0.3, 0.4) is 0 Å². The van der Waals surface area contributed by atoms with Crippen LogP contribution < -0.4 is 0 Å². The van der Waals surface area contributed by atoms with E-state index in [1.807, 2.05) is 61.2 Å². The molecule has 140 valence electrons. The molecule has 0 unspecified atom stereocenters. The first-order valence-electron chi connectivity index (χ1n) is 9.17. The number of carbonyl (C=O) groups excluding carboxylic acids is 2. The number of amides is 1. The summed E-state index contributed by atoms with van der Waals surface area (Å²) in [6.07, 6.45) is 1.27. The Morgan fingerprint density at radius 1 is 1.19 bits per heavy atom. The van der Waals surface area contributed by atoms with Gasteiger partial charge in [-0.05, 0) is 30.2 Å². The van der Waals surface area contributed by atoms with Gasteiger partial charge < -0.3 is 9.64 Å². The number of halogens is 1. The lowest BCUT2D eigenvalue weighted by atomic mass is 9.84. The van der Waals surface area contributed by atoms with Gasteiger partial charge in [0.15, 0.2) is 5.60 Å². The van der Waals surface area contributed by atoms with Gasteiger partial charge in [-0.3, -0.25) is 4.79 Å². The summed E-state index contributed by atoms with van der Waals surface area (Å²) >= 11 is 5.95. The lowest BCUT2D eigenvalue weighted by molar-refractivity contribution is -0.140. The van der Waals surface area contributed by atoms with Crippen LogP contribution in [0.25, 0.3) is 0 Å². The number of hydrogen-bond acceptors (Lipinski definition) is 3. The minimum atomic E-state index is -0.695. The number of hydrogen-bond donors (Lipinski definition) is 0. The molecule has 1 saturated heterocycles. The molecule has 4 rings (SSSR count). The van der Waals surface area contributed by atoms with Crippen molar-refractivity contribution in [1.82, 2.24) is 4.90 Å². The van der Waals surface area contributed by atoms with Crippen molar-refractivity contribution in [3.05, 3.63) is 70.2 Å². The summed E-state index contributed by atoms with van der Waals surface area (Å²) in [4.78, 5) is 27.3. The second-order valence-electron chi connectivity index (χ2n) is 8.09. The second-order valence-corrected chi connectivity index (χ2v) is 8.53. The van der Waals surface area contributed by atoms with Gasteiger partial charge in [0.2, 0.25) is 5.91 Å². The molecule has 0 aliphatic carbocycles. The Bertz CT molecular complexity index is 906. The van der Waals surface area contributed by atoms with Gasteiger partial charge in [-0.2, -0.15) is 0 Å². The third kappa shape index (κ3) is 3.12. The molecule has 2 aliphatic rings. The lowest BCUT2D eigenvalue weighted by Gasteiger charge is -2.30. The van der Waals surface area contributed by atoms with Crippen molar-refractivity contribution >= 4 is 23.5 Å². The monoisotopic (exact) mass is 383 g/mol. The fraction of sp³-hybridized carbons (Fsp3) is 0.364. The molecule has 0 aromatic heterocycles. The first kappa shape index (κ1) is 18.1. The van der Waals surface area contributed by atoms with E-state index in [2.05, 4.69) is 0 Å². The number of carbonyl (C=O) groups is 2. The van der Waals surface area contributed by atoms with Crippen LogP contribution in [0.4, 0.5) is 0 Å². The second kappa shape index (κ2) is 6.38. The van der Waals surface area contributed by atoms with E-state index in [1.54, 1.807) is 6.07 Å². The molecule has 2 aliphatic heterocycles. The first-order valence-corrected chi connectivity index (χ1v) is 9.55.